The third kappa shape index (κ3) is 3.95. The topological polar surface area (TPSA) is 80.9 Å². The average Bonchev–Trinajstić information content (AvgIpc) is 2.40. The van der Waals surface area contributed by atoms with E-state index in [9.17, 15) is 4.79 Å². The molecule has 1 aromatic carbocycles. The number of carbonyl (C=O) groups excluding carboxylic acids is 1. The van der Waals surface area contributed by atoms with Gasteiger partial charge in [-0.05, 0) is 30.2 Å². The third-order valence-electron chi connectivity index (χ3n) is 2.84. The largest absolute Gasteiger partial charge is 0.383 e. The molecule has 1 amide bonds. The highest BCUT2D eigenvalue weighted by molar-refractivity contribution is 7.99. The summed E-state index contributed by atoms with van der Waals surface area (Å²) in [6.07, 6.45) is 1.48. The summed E-state index contributed by atoms with van der Waals surface area (Å²) in [6, 6.07) is 7.61. The molecule has 0 unspecified atom stereocenters. The van der Waals surface area contributed by atoms with Crippen LogP contribution in [-0.4, -0.2) is 15.9 Å². The number of anilines is 2. The van der Waals surface area contributed by atoms with Crippen molar-refractivity contribution >= 4 is 29.2 Å². The van der Waals surface area contributed by atoms with E-state index < -0.39 is 0 Å². The van der Waals surface area contributed by atoms with E-state index in [2.05, 4.69) is 29.1 Å². The highest BCUT2D eigenvalue weighted by Gasteiger charge is 2.14. The van der Waals surface area contributed by atoms with Crippen LogP contribution in [0.4, 0.5) is 11.5 Å². The number of hydrogen-bond acceptors (Lipinski definition) is 5. The normalized spacial score (nSPS) is 10.7. The number of rotatable bonds is 4. The summed E-state index contributed by atoms with van der Waals surface area (Å²) in [5.74, 6) is 0.700. The third-order valence-corrected chi connectivity index (χ3v) is 3.87. The maximum atomic E-state index is 11.0. The van der Waals surface area contributed by atoms with Gasteiger partial charge in [0.15, 0.2) is 0 Å². The van der Waals surface area contributed by atoms with E-state index in [1.807, 2.05) is 24.3 Å². The van der Waals surface area contributed by atoms with Crippen LogP contribution in [0.1, 0.15) is 32.3 Å². The minimum Gasteiger partial charge on any atom is -0.383 e. The molecule has 0 spiro atoms. The van der Waals surface area contributed by atoms with Crippen LogP contribution in [0.25, 0.3) is 0 Å². The second kappa shape index (κ2) is 6.58. The summed E-state index contributed by atoms with van der Waals surface area (Å²) in [5, 5.41) is 3.61. The van der Waals surface area contributed by atoms with Crippen LogP contribution in [0.15, 0.2) is 40.5 Å². The van der Waals surface area contributed by atoms with Gasteiger partial charge in [-0.3, -0.25) is 4.79 Å². The number of nitrogens with one attached hydrogen (secondary N) is 1. The Bertz CT molecular complexity index is 641. The van der Waals surface area contributed by atoms with Crippen LogP contribution < -0.4 is 11.1 Å². The smallest absolute Gasteiger partial charge is 0.221 e. The number of aromatic nitrogens is 2. The predicted octanol–water partition coefficient (Wildman–Crippen LogP) is 3.29. The molecular formula is C15H18N4OS. The van der Waals surface area contributed by atoms with E-state index in [0.29, 0.717) is 5.82 Å². The number of nitrogens with zero attached hydrogens (tertiary/aromatic N) is 2. The quantitative estimate of drug-likeness (QED) is 0.847. The molecule has 0 aliphatic heterocycles. The fourth-order valence-corrected chi connectivity index (χ4v) is 2.98. The molecule has 6 heteroatoms. The minimum atomic E-state index is -0.0823. The van der Waals surface area contributed by atoms with Gasteiger partial charge in [0.2, 0.25) is 5.91 Å². The van der Waals surface area contributed by atoms with Crippen molar-refractivity contribution in [2.45, 2.75) is 36.6 Å². The van der Waals surface area contributed by atoms with Gasteiger partial charge < -0.3 is 11.1 Å². The van der Waals surface area contributed by atoms with E-state index in [1.54, 1.807) is 11.8 Å². The van der Waals surface area contributed by atoms with Gasteiger partial charge in [-0.2, -0.15) is 0 Å². The second-order valence-corrected chi connectivity index (χ2v) is 6.00. The van der Waals surface area contributed by atoms with Crippen molar-refractivity contribution in [3.05, 3.63) is 36.2 Å². The van der Waals surface area contributed by atoms with E-state index in [-0.39, 0.29) is 11.8 Å². The number of carbonyl (C=O) groups is 1. The molecular weight excluding hydrogens is 284 g/mol. The lowest BCUT2D eigenvalue weighted by atomic mass is 10.1. The lowest BCUT2D eigenvalue weighted by molar-refractivity contribution is -0.114. The Morgan fingerprint density at radius 3 is 2.48 bits per heavy atom. The number of benzene rings is 1. The van der Waals surface area contributed by atoms with Crippen LogP contribution in [-0.2, 0) is 4.79 Å². The number of nitrogen functional groups attached to an aromatic ring is 1. The molecule has 0 aliphatic carbocycles. The minimum absolute atomic E-state index is 0.0823. The molecule has 110 valence electrons. The number of hydrogen-bond donors (Lipinski definition) is 2. The summed E-state index contributed by atoms with van der Waals surface area (Å²) in [6.45, 7) is 5.62. The van der Waals surface area contributed by atoms with Gasteiger partial charge in [-0.25, -0.2) is 9.97 Å². The molecule has 2 rings (SSSR count). The highest BCUT2D eigenvalue weighted by atomic mass is 32.2. The average molecular weight is 302 g/mol. The number of amides is 1. The molecule has 0 saturated carbocycles. The Hall–Kier alpha value is -2.08. The lowest BCUT2D eigenvalue weighted by Crippen LogP contribution is -2.05. The zero-order chi connectivity index (χ0) is 15.4. The summed E-state index contributed by atoms with van der Waals surface area (Å²) in [7, 11) is 0. The summed E-state index contributed by atoms with van der Waals surface area (Å²) in [5.41, 5.74) is 7.69. The van der Waals surface area contributed by atoms with E-state index in [4.69, 9.17) is 5.73 Å². The van der Waals surface area contributed by atoms with Gasteiger partial charge in [-0.1, -0.05) is 25.6 Å². The van der Waals surface area contributed by atoms with Crippen LogP contribution in [0.5, 0.6) is 0 Å². The molecule has 2 aromatic rings. The first kappa shape index (κ1) is 15.3. The van der Waals surface area contributed by atoms with Gasteiger partial charge >= 0.3 is 0 Å². The molecule has 0 fully saturated rings. The van der Waals surface area contributed by atoms with Crippen molar-refractivity contribution < 1.29 is 4.79 Å². The molecule has 0 saturated heterocycles. The van der Waals surface area contributed by atoms with Gasteiger partial charge in [0.05, 0.1) is 0 Å². The SMILES string of the molecule is CC(=O)Nc1ccc(Sc2ncnc(N)c2C(C)C)cc1. The molecule has 5 nitrogen and oxygen atoms in total. The molecule has 0 atom stereocenters. The first-order valence-corrected chi connectivity index (χ1v) is 7.45. The first-order chi connectivity index (χ1) is 9.97. The monoisotopic (exact) mass is 302 g/mol. The molecule has 0 radical (unpaired) electrons. The van der Waals surface area contributed by atoms with Gasteiger partial charge in [0.25, 0.3) is 0 Å². The van der Waals surface area contributed by atoms with Crippen molar-refractivity contribution in [3.63, 3.8) is 0 Å². The Balaban J connectivity index is 2.22. The summed E-state index contributed by atoms with van der Waals surface area (Å²) >= 11 is 1.54. The standard InChI is InChI=1S/C15H18N4OS/c1-9(2)13-14(16)17-8-18-15(13)21-12-6-4-11(5-7-12)19-10(3)20/h4-9H,1-3H3,(H,19,20)(H2,16,17,18). The summed E-state index contributed by atoms with van der Waals surface area (Å²) < 4.78 is 0. The molecule has 21 heavy (non-hydrogen) atoms. The van der Waals surface area contributed by atoms with Crippen molar-refractivity contribution in [1.29, 1.82) is 0 Å². The van der Waals surface area contributed by atoms with Gasteiger partial charge in [0, 0.05) is 23.1 Å². The zero-order valence-corrected chi connectivity index (χ0v) is 13.1. The van der Waals surface area contributed by atoms with Gasteiger partial charge in [0.1, 0.15) is 17.2 Å². The fourth-order valence-electron chi connectivity index (χ4n) is 1.94. The Labute approximate surface area is 128 Å². The van der Waals surface area contributed by atoms with Gasteiger partial charge in [-0.15, -0.1) is 0 Å². The van der Waals surface area contributed by atoms with Crippen LogP contribution >= 0.6 is 11.8 Å². The Morgan fingerprint density at radius 1 is 1.24 bits per heavy atom. The maximum absolute atomic E-state index is 11.0. The Morgan fingerprint density at radius 2 is 1.90 bits per heavy atom. The first-order valence-electron chi connectivity index (χ1n) is 6.63. The second-order valence-electron chi connectivity index (χ2n) is 4.94. The summed E-state index contributed by atoms with van der Waals surface area (Å²) in [4.78, 5) is 20.4. The van der Waals surface area contributed by atoms with Crippen molar-refractivity contribution in [2.24, 2.45) is 0 Å². The van der Waals surface area contributed by atoms with E-state index in [1.165, 1.54) is 13.3 Å². The molecule has 3 N–H and O–H groups in total. The van der Waals surface area contributed by atoms with Crippen LogP contribution in [0, 0.1) is 0 Å². The van der Waals surface area contributed by atoms with E-state index in [0.717, 1.165) is 21.2 Å². The molecule has 0 aliphatic rings. The zero-order valence-electron chi connectivity index (χ0n) is 12.3. The predicted molar refractivity (Wildman–Crippen MR) is 85.4 cm³/mol. The molecule has 1 aromatic heterocycles. The van der Waals surface area contributed by atoms with Crippen LogP contribution in [0.2, 0.25) is 0 Å². The number of nitrogens with two attached hydrogens (primary N) is 1. The van der Waals surface area contributed by atoms with Crippen molar-refractivity contribution in [2.75, 3.05) is 11.1 Å². The van der Waals surface area contributed by atoms with E-state index >= 15 is 0 Å². The highest BCUT2D eigenvalue weighted by Crippen LogP contribution is 2.34. The lowest BCUT2D eigenvalue weighted by Gasteiger charge is -2.13. The molecule has 0 bridgehead atoms. The van der Waals surface area contributed by atoms with Crippen molar-refractivity contribution in [1.82, 2.24) is 9.97 Å². The Kier molecular flexibility index (Phi) is 4.80. The molecule has 1 heterocycles. The van der Waals surface area contributed by atoms with Crippen LogP contribution in [0.3, 0.4) is 0 Å². The maximum Gasteiger partial charge on any atom is 0.221 e. The fraction of sp³-hybridized carbons (Fsp3) is 0.267. The van der Waals surface area contributed by atoms with Crippen molar-refractivity contribution in [3.8, 4) is 0 Å².